The summed E-state index contributed by atoms with van der Waals surface area (Å²) in [4.78, 5) is 16.8. The maximum atomic E-state index is 11.0. The molecule has 18 heavy (non-hydrogen) atoms. The second-order valence-corrected chi connectivity index (χ2v) is 4.73. The number of anilines is 1. The Bertz CT molecular complexity index is 442. The molecule has 1 aliphatic rings. The number of nitrogens with zero attached hydrogens (tertiary/aromatic N) is 3. The molecule has 6 nitrogen and oxygen atoms in total. The van der Waals surface area contributed by atoms with Gasteiger partial charge in [-0.3, -0.25) is 10.1 Å². The third-order valence-corrected chi connectivity index (χ3v) is 3.35. The van der Waals surface area contributed by atoms with Crippen LogP contribution in [0.1, 0.15) is 18.4 Å². The summed E-state index contributed by atoms with van der Waals surface area (Å²) < 4.78 is 0. The molecule has 1 aromatic rings. The van der Waals surface area contributed by atoms with Crippen molar-refractivity contribution in [1.29, 1.82) is 0 Å². The van der Waals surface area contributed by atoms with Gasteiger partial charge in [-0.1, -0.05) is 0 Å². The first-order chi connectivity index (χ1) is 8.61. The molecule has 0 radical (unpaired) electrons. The zero-order valence-electron chi connectivity index (χ0n) is 10.4. The number of rotatable bonds is 3. The maximum absolute atomic E-state index is 11.0. The van der Waals surface area contributed by atoms with Gasteiger partial charge in [0.2, 0.25) is 5.82 Å². The highest BCUT2D eigenvalue weighted by Crippen LogP contribution is 2.29. The van der Waals surface area contributed by atoms with Crippen molar-refractivity contribution in [2.45, 2.75) is 19.8 Å². The Morgan fingerprint density at radius 2 is 2.22 bits per heavy atom. The Hall–Kier alpha value is -1.69. The smallest absolute Gasteiger partial charge is 0.311 e. The lowest BCUT2D eigenvalue weighted by Gasteiger charge is -2.31. The fourth-order valence-corrected chi connectivity index (χ4v) is 2.25. The SMILES string of the molecule is Cc1cnc(N2CCC(CO)CC2)c([N+](=O)[O-])c1. The van der Waals surface area contributed by atoms with Gasteiger partial charge in [0.15, 0.2) is 0 Å². The number of aryl methyl sites for hydroxylation is 1. The molecule has 2 heterocycles. The first-order valence-corrected chi connectivity index (χ1v) is 6.08. The summed E-state index contributed by atoms with van der Waals surface area (Å²) >= 11 is 0. The van der Waals surface area contributed by atoms with E-state index in [2.05, 4.69) is 4.98 Å². The summed E-state index contributed by atoms with van der Waals surface area (Å²) in [6, 6.07) is 1.56. The van der Waals surface area contributed by atoms with Gasteiger partial charge >= 0.3 is 5.69 Å². The molecule has 0 bridgehead atoms. The molecule has 0 saturated carbocycles. The lowest BCUT2D eigenvalue weighted by atomic mass is 9.98. The predicted octanol–water partition coefficient (Wildman–Crippen LogP) is 1.51. The van der Waals surface area contributed by atoms with Crippen LogP contribution < -0.4 is 4.90 Å². The highest BCUT2D eigenvalue weighted by Gasteiger charge is 2.25. The van der Waals surface area contributed by atoms with Gasteiger partial charge in [0.1, 0.15) is 0 Å². The van der Waals surface area contributed by atoms with Crippen molar-refractivity contribution in [3.05, 3.63) is 27.9 Å². The van der Waals surface area contributed by atoms with Crippen molar-refractivity contribution in [3.63, 3.8) is 0 Å². The predicted molar refractivity (Wildman–Crippen MR) is 67.7 cm³/mol. The molecule has 0 amide bonds. The highest BCUT2D eigenvalue weighted by atomic mass is 16.6. The summed E-state index contributed by atoms with van der Waals surface area (Å²) in [5, 5.41) is 20.1. The fraction of sp³-hybridized carbons (Fsp3) is 0.583. The van der Waals surface area contributed by atoms with E-state index in [1.165, 1.54) is 0 Å². The minimum Gasteiger partial charge on any atom is -0.396 e. The molecule has 0 unspecified atom stereocenters. The molecular formula is C12H17N3O3. The van der Waals surface area contributed by atoms with Gasteiger partial charge in [0, 0.05) is 32.0 Å². The van der Waals surface area contributed by atoms with E-state index in [0.717, 1.165) is 18.4 Å². The van der Waals surface area contributed by atoms with Gasteiger partial charge in [-0.25, -0.2) is 4.98 Å². The number of nitro groups is 1. The maximum Gasteiger partial charge on any atom is 0.311 e. The van der Waals surface area contributed by atoms with Crippen molar-refractivity contribution in [1.82, 2.24) is 4.98 Å². The first-order valence-electron chi connectivity index (χ1n) is 6.08. The van der Waals surface area contributed by atoms with Crippen LogP contribution in [-0.2, 0) is 0 Å². The van der Waals surface area contributed by atoms with E-state index in [1.54, 1.807) is 19.2 Å². The van der Waals surface area contributed by atoms with Gasteiger partial charge in [0.05, 0.1) is 4.92 Å². The molecule has 1 aromatic heterocycles. The summed E-state index contributed by atoms with van der Waals surface area (Å²) in [5.41, 5.74) is 0.855. The van der Waals surface area contributed by atoms with Gasteiger partial charge in [-0.2, -0.15) is 0 Å². The molecule has 0 spiro atoms. The number of aliphatic hydroxyl groups excluding tert-OH is 1. The van der Waals surface area contributed by atoms with Crippen LogP contribution in [0, 0.1) is 23.0 Å². The largest absolute Gasteiger partial charge is 0.396 e. The van der Waals surface area contributed by atoms with Gasteiger partial charge in [-0.05, 0) is 31.2 Å². The van der Waals surface area contributed by atoms with Gasteiger partial charge in [-0.15, -0.1) is 0 Å². The van der Waals surface area contributed by atoms with E-state index < -0.39 is 0 Å². The Morgan fingerprint density at radius 1 is 1.56 bits per heavy atom. The molecule has 98 valence electrons. The van der Waals surface area contributed by atoms with Gasteiger partial charge < -0.3 is 10.0 Å². The first kappa shape index (κ1) is 12.8. The van der Waals surface area contributed by atoms with E-state index in [9.17, 15) is 10.1 Å². The highest BCUT2D eigenvalue weighted by molar-refractivity contribution is 5.58. The van der Waals surface area contributed by atoms with Crippen LogP contribution in [0.15, 0.2) is 12.3 Å². The zero-order chi connectivity index (χ0) is 13.1. The van der Waals surface area contributed by atoms with Crippen molar-refractivity contribution in [3.8, 4) is 0 Å². The van der Waals surface area contributed by atoms with Crippen molar-refractivity contribution < 1.29 is 10.0 Å². The fourth-order valence-electron chi connectivity index (χ4n) is 2.25. The Labute approximate surface area is 105 Å². The summed E-state index contributed by atoms with van der Waals surface area (Å²) in [7, 11) is 0. The van der Waals surface area contributed by atoms with Crippen LogP contribution in [0.5, 0.6) is 0 Å². The van der Waals surface area contributed by atoms with E-state index in [1.807, 2.05) is 4.90 Å². The normalized spacial score (nSPS) is 16.9. The summed E-state index contributed by atoms with van der Waals surface area (Å²) in [6.07, 6.45) is 3.35. The summed E-state index contributed by atoms with van der Waals surface area (Å²) in [5.74, 6) is 0.757. The molecule has 0 aliphatic carbocycles. The molecule has 1 fully saturated rings. The van der Waals surface area contributed by atoms with Crippen LogP contribution >= 0.6 is 0 Å². The Balaban J connectivity index is 2.21. The lowest BCUT2D eigenvalue weighted by molar-refractivity contribution is -0.384. The van der Waals surface area contributed by atoms with E-state index in [4.69, 9.17) is 5.11 Å². The second-order valence-electron chi connectivity index (χ2n) is 4.73. The van der Waals surface area contributed by atoms with Crippen molar-refractivity contribution >= 4 is 11.5 Å². The number of aliphatic hydroxyl groups is 1. The van der Waals surface area contributed by atoms with Gasteiger partial charge in [0.25, 0.3) is 0 Å². The molecule has 2 rings (SSSR count). The topological polar surface area (TPSA) is 79.5 Å². The molecule has 6 heteroatoms. The number of hydrogen-bond donors (Lipinski definition) is 1. The van der Waals surface area contributed by atoms with Crippen LogP contribution in [0.25, 0.3) is 0 Å². The zero-order valence-corrected chi connectivity index (χ0v) is 10.4. The van der Waals surface area contributed by atoms with E-state index in [-0.39, 0.29) is 17.2 Å². The minimum atomic E-state index is -0.381. The van der Waals surface area contributed by atoms with Crippen LogP contribution in [0.3, 0.4) is 0 Å². The quantitative estimate of drug-likeness (QED) is 0.650. The molecule has 0 atom stereocenters. The van der Waals surface area contributed by atoms with E-state index in [0.29, 0.717) is 24.8 Å². The van der Waals surface area contributed by atoms with Crippen LogP contribution in [-0.4, -0.2) is 34.7 Å². The number of pyridine rings is 1. The van der Waals surface area contributed by atoms with E-state index >= 15 is 0 Å². The molecular weight excluding hydrogens is 234 g/mol. The molecule has 0 aromatic carbocycles. The minimum absolute atomic E-state index is 0.0671. The molecule has 1 saturated heterocycles. The van der Waals surface area contributed by atoms with Crippen LogP contribution in [0.2, 0.25) is 0 Å². The van der Waals surface area contributed by atoms with Crippen molar-refractivity contribution in [2.75, 3.05) is 24.6 Å². The average Bonchev–Trinajstić information content (AvgIpc) is 2.39. The number of aromatic nitrogens is 1. The molecule has 1 N–H and O–H groups in total. The lowest BCUT2D eigenvalue weighted by Crippen LogP contribution is -2.35. The Kier molecular flexibility index (Phi) is 3.76. The number of piperidine rings is 1. The molecule has 1 aliphatic heterocycles. The number of hydrogen-bond acceptors (Lipinski definition) is 5. The third kappa shape index (κ3) is 2.59. The average molecular weight is 251 g/mol. The second kappa shape index (κ2) is 5.30. The summed E-state index contributed by atoms with van der Waals surface area (Å²) in [6.45, 7) is 3.41. The Morgan fingerprint density at radius 3 is 2.78 bits per heavy atom. The standard InChI is InChI=1S/C12H17N3O3/c1-9-6-11(15(17)18)12(13-7-9)14-4-2-10(8-16)3-5-14/h6-7,10,16H,2-5,8H2,1H3. The van der Waals surface area contributed by atoms with Crippen LogP contribution in [0.4, 0.5) is 11.5 Å². The van der Waals surface area contributed by atoms with Crippen molar-refractivity contribution in [2.24, 2.45) is 5.92 Å². The third-order valence-electron chi connectivity index (χ3n) is 3.35. The monoisotopic (exact) mass is 251 g/mol.